The number of benzene rings is 1. The summed E-state index contributed by atoms with van der Waals surface area (Å²) in [7, 11) is 1.75. The Balaban J connectivity index is 1.72. The van der Waals surface area contributed by atoms with Gasteiger partial charge in [0, 0.05) is 26.7 Å². The van der Waals surface area contributed by atoms with Crippen LogP contribution < -0.4 is 10.6 Å². The monoisotopic (exact) mass is 378 g/mol. The van der Waals surface area contributed by atoms with E-state index in [1.165, 1.54) is 6.07 Å². The van der Waals surface area contributed by atoms with Crippen LogP contribution in [0.4, 0.5) is 9.18 Å². The van der Waals surface area contributed by atoms with Gasteiger partial charge in [-0.25, -0.2) is 9.18 Å². The zero-order valence-electron chi connectivity index (χ0n) is 16.7. The molecule has 0 bridgehead atoms. The Morgan fingerprint density at radius 3 is 2.85 bits per heavy atom. The summed E-state index contributed by atoms with van der Waals surface area (Å²) in [5, 5.41) is 6.26. The lowest BCUT2D eigenvalue weighted by molar-refractivity contribution is 0.0507. The van der Waals surface area contributed by atoms with E-state index < -0.39 is 5.60 Å². The van der Waals surface area contributed by atoms with Crippen molar-refractivity contribution >= 4 is 12.1 Å². The molecule has 0 saturated carbocycles. The molecule has 1 amide bonds. The fourth-order valence-electron chi connectivity index (χ4n) is 3.06. The van der Waals surface area contributed by atoms with Crippen molar-refractivity contribution in [2.45, 2.75) is 51.7 Å². The van der Waals surface area contributed by atoms with Gasteiger partial charge in [-0.1, -0.05) is 12.1 Å². The smallest absolute Gasteiger partial charge is 0.407 e. The van der Waals surface area contributed by atoms with Crippen molar-refractivity contribution in [1.82, 2.24) is 15.5 Å². The minimum absolute atomic E-state index is 0.0469. The summed E-state index contributed by atoms with van der Waals surface area (Å²) in [6, 6.07) is 6.75. The summed E-state index contributed by atoms with van der Waals surface area (Å²) in [6.07, 6.45) is 2.16. The number of carbonyl (C=O) groups excluding carboxylic acids is 1. The first-order chi connectivity index (χ1) is 12.8. The first-order valence-electron chi connectivity index (χ1n) is 9.46. The number of ether oxygens (including phenoxy) is 1. The predicted molar refractivity (Wildman–Crippen MR) is 105 cm³/mol. The number of alkyl carbamates (subject to hydrolysis) is 1. The quantitative estimate of drug-likeness (QED) is 0.470. The average Bonchev–Trinajstić information content (AvgIpc) is 3.01. The van der Waals surface area contributed by atoms with E-state index in [0.717, 1.165) is 43.9 Å². The van der Waals surface area contributed by atoms with Crippen LogP contribution in [0.15, 0.2) is 29.3 Å². The molecule has 0 aliphatic carbocycles. The number of carbonyl (C=O) groups is 1. The number of rotatable bonds is 5. The van der Waals surface area contributed by atoms with Gasteiger partial charge in [0.15, 0.2) is 5.96 Å². The Morgan fingerprint density at radius 1 is 1.41 bits per heavy atom. The van der Waals surface area contributed by atoms with Gasteiger partial charge in [-0.15, -0.1) is 0 Å². The van der Waals surface area contributed by atoms with E-state index in [4.69, 9.17) is 4.74 Å². The van der Waals surface area contributed by atoms with Crippen molar-refractivity contribution in [2.24, 2.45) is 4.99 Å². The van der Waals surface area contributed by atoms with Crippen molar-refractivity contribution in [2.75, 3.05) is 26.7 Å². The summed E-state index contributed by atoms with van der Waals surface area (Å²) in [5.41, 5.74) is 0.497. The third-order valence-electron chi connectivity index (χ3n) is 4.23. The van der Waals surface area contributed by atoms with Crippen LogP contribution in [0.5, 0.6) is 0 Å². The molecule has 0 spiro atoms. The number of halogens is 1. The number of aliphatic imine (C=N–C) groups is 1. The van der Waals surface area contributed by atoms with Crippen molar-refractivity contribution in [1.29, 1.82) is 0 Å². The number of guanidine groups is 1. The fraction of sp³-hybridized carbons (Fsp3) is 0.600. The molecule has 2 rings (SSSR count). The maximum Gasteiger partial charge on any atom is 0.407 e. The van der Waals surface area contributed by atoms with Gasteiger partial charge in [0.05, 0.1) is 6.04 Å². The second-order valence-corrected chi connectivity index (χ2v) is 7.79. The molecule has 6 nitrogen and oxygen atoms in total. The van der Waals surface area contributed by atoms with E-state index in [-0.39, 0.29) is 18.0 Å². The molecule has 1 aromatic carbocycles. The van der Waals surface area contributed by atoms with Gasteiger partial charge in [-0.2, -0.15) is 0 Å². The molecule has 0 aromatic heterocycles. The molecule has 0 radical (unpaired) electrons. The van der Waals surface area contributed by atoms with E-state index in [1.807, 2.05) is 26.8 Å². The first-order valence-corrected chi connectivity index (χ1v) is 9.46. The largest absolute Gasteiger partial charge is 0.444 e. The number of amides is 1. The highest BCUT2D eigenvalue weighted by Gasteiger charge is 2.27. The molecule has 7 heteroatoms. The number of nitrogens with zero attached hydrogens (tertiary/aromatic N) is 2. The molecule has 1 fully saturated rings. The molecular weight excluding hydrogens is 347 g/mol. The van der Waals surface area contributed by atoms with E-state index in [9.17, 15) is 9.18 Å². The average molecular weight is 378 g/mol. The third kappa shape index (κ3) is 7.45. The Labute approximate surface area is 161 Å². The van der Waals surface area contributed by atoms with Crippen LogP contribution >= 0.6 is 0 Å². The molecule has 1 heterocycles. The van der Waals surface area contributed by atoms with Gasteiger partial charge in [-0.05, 0) is 57.7 Å². The molecule has 1 atom stereocenters. The highest BCUT2D eigenvalue weighted by molar-refractivity contribution is 5.80. The van der Waals surface area contributed by atoms with Gasteiger partial charge in [0.2, 0.25) is 0 Å². The maximum absolute atomic E-state index is 13.2. The highest BCUT2D eigenvalue weighted by Crippen LogP contribution is 2.12. The van der Waals surface area contributed by atoms with E-state index >= 15 is 0 Å². The Kier molecular flexibility index (Phi) is 7.45. The van der Waals surface area contributed by atoms with Crippen LogP contribution in [0.3, 0.4) is 0 Å². The van der Waals surface area contributed by atoms with Crippen molar-refractivity contribution < 1.29 is 13.9 Å². The number of likely N-dealkylation sites (tertiary alicyclic amines) is 1. The second kappa shape index (κ2) is 9.58. The lowest BCUT2D eigenvalue weighted by Gasteiger charge is -2.23. The molecule has 2 N–H and O–H groups in total. The minimum atomic E-state index is -0.498. The summed E-state index contributed by atoms with van der Waals surface area (Å²) >= 11 is 0. The molecule has 1 unspecified atom stereocenters. The second-order valence-electron chi connectivity index (χ2n) is 7.79. The Morgan fingerprint density at radius 2 is 2.19 bits per heavy atom. The topological polar surface area (TPSA) is 66.0 Å². The standard InChI is InChI=1S/C20H31FN4O2/c1-20(2,3)27-19(26)24-17-10-12-25(14-17)18(22-4)23-11-6-8-15-7-5-9-16(21)13-15/h5,7,9,13,17H,6,8,10-12,14H2,1-4H3,(H,22,23)(H,24,26). The van der Waals surface area contributed by atoms with Crippen LogP contribution in [-0.4, -0.2) is 55.3 Å². The molecular formula is C20H31FN4O2. The van der Waals surface area contributed by atoms with Gasteiger partial charge in [0.25, 0.3) is 0 Å². The van der Waals surface area contributed by atoms with Gasteiger partial charge in [0.1, 0.15) is 11.4 Å². The minimum Gasteiger partial charge on any atom is -0.444 e. The van der Waals surface area contributed by atoms with E-state index in [2.05, 4.69) is 20.5 Å². The molecule has 27 heavy (non-hydrogen) atoms. The predicted octanol–water partition coefficient (Wildman–Crippen LogP) is 2.93. The number of hydrogen-bond acceptors (Lipinski definition) is 3. The van der Waals surface area contributed by atoms with E-state index in [1.54, 1.807) is 19.2 Å². The third-order valence-corrected chi connectivity index (χ3v) is 4.23. The van der Waals surface area contributed by atoms with Crippen molar-refractivity contribution in [3.05, 3.63) is 35.6 Å². The number of aryl methyl sites for hydroxylation is 1. The molecule has 150 valence electrons. The lowest BCUT2D eigenvalue weighted by Crippen LogP contribution is -2.44. The van der Waals surface area contributed by atoms with Crippen molar-refractivity contribution in [3.8, 4) is 0 Å². The van der Waals surface area contributed by atoms with Crippen LogP contribution in [0.1, 0.15) is 39.2 Å². The highest BCUT2D eigenvalue weighted by atomic mass is 19.1. The molecule has 1 aromatic rings. The zero-order valence-corrected chi connectivity index (χ0v) is 16.7. The van der Waals surface area contributed by atoms with Crippen LogP contribution in [0, 0.1) is 5.82 Å². The van der Waals surface area contributed by atoms with Crippen LogP contribution in [-0.2, 0) is 11.2 Å². The lowest BCUT2D eigenvalue weighted by atomic mass is 10.1. The summed E-state index contributed by atoms with van der Waals surface area (Å²) in [6.45, 7) is 7.83. The summed E-state index contributed by atoms with van der Waals surface area (Å²) in [5.74, 6) is 0.625. The maximum atomic E-state index is 13.2. The van der Waals surface area contributed by atoms with Crippen LogP contribution in [0.2, 0.25) is 0 Å². The molecule has 1 saturated heterocycles. The SMILES string of the molecule is CN=C(NCCCc1cccc(F)c1)N1CCC(NC(=O)OC(C)(C)C)C1. The summed E-state index contributed by atoms with van der Waals surface area (Å²) < 4.78 is 18.5. The van der Waals surface area contributed by atoms with E-state index in [0.29, 0.717) is 6.54 Å². The molecule has 1 aliphatic rings. The van der Waals surface area contributed by atoms with Crippen molar-refractivity contribution in [3.63, 3.8) is 0 Å². The zero-order chi connectivity index (χ0) is 19.9. The molecule has 1 aliphatic heterocycles. The fourth-order valence-corrected chi connectivity index (χ4v) is 3.06. The van der Waals surface area contributed by atoms with Crippen LogP contribution in [0.25, 0.3) is 0 Å². The van der Waals surface area contributed by atoms with Gasteiger partial charge in [-0.3, -0.25) is 4.99 Å². The summed E-state index contributed by atoms with van der Waals surface area (Å²) in [4.78, 5) is 18.4. The number of nitrogens with one attached hydrogen (secondary N) is 2. The normalized spacial score (nSPS) is 17.7. The number of hydrogen-bond donors (Lipinski definition) is 2. The Bertz CT molecular complexity index is 658. The Hall–Kier alpha value is -2.31. The first kappa shape index (κ1) is 21.0. The van der Waals surface area contributed by atoms with Gasteiger partial charge >= 0.3 is 6.09 Å². The van der Waals surface area contributed by atoms with Gasteiger partial charge < -0.3 is 20.3 Å².